The molecule has 3 aliphatic rings. The average Bonchev–Trinajstić information content (AvgIpc) is 2.98. The zero-order valence-electron chi connectivity index (χ0n) is 19.1. The summed E-state index contributed by atoms with van der Waals surface area (Å²) in [5.74, 6) is -3.55. The number of hydrogen-bond donors (Lipinski definition) is 2. The van der Waals surface area contributed by atoms with Gasteiger partial charge in [0.05, 0.1) is 17.4 Å². The van der Waals surface area contributed by atoms with Crippen molar-refractivity contribution in [3.63, 3.8) is 0 Å². The molecule has 9 heteroatoms. The van der Waals surface area contributed by atoms with Gasteiger partial charge in [0.2, 0.25) is 11.8 Å². The van der Waals surface area contributed by atoms with E-state index >= 15 is 0 Å². The van der Waals surface area contributed by atoms with Gasteiger partial charge in [-0.05, 0) is 46.1 Å². The Bertz CT molecular complexity index is 1020. The van der Waals surface area contributed by atoms with E-state index in [1.54, 1.807) is 12.1 Å². The Labute approximate surface area is 192 Å². The first-order chi connectivity index (χ1) is 15.5. The first-order valence-electron chi connectivity index (χ1n) is 11.3. The molecule has 9 nitrogen and oxygen atoms in total. The van der Waals surface area contributed by atoms with Crippen molar-refractivity contribution >= 4 is 35.2 Å². The van der Waals surface area contributed by atoms with Crippen LogP contribution in [0.15, 0.2) is 18.2 Å². The number of carbonyl (C=O) groups excluding carboxylic acids is 5. The van der Waals surface area contributed by atoms with Crippen molar-refractivity contribution in [2.45, 2.75) is 58.1 Å². The molecule has 176 valence electrons. The normalized spacial score (nSPS) is 23.9. The van der Waals surface area contributed by atoms with Crippen LogP contribution in [-0.4, -0.2) is 54.2 Å². The summed E-state index contributed by atoms with van der Waals surface area (Å²) < 4.78 is 5.32. The van der Waals surface area contributed by atoms with E-state index in [9.17, 15) is 24.0 Å². The second-order valence-electron chi connectivity index (χ2n) is 9.87. The fourth-order valence-corrected chi connectivity index (χ4v) is 4.84. The molecule has 2 aliphatic heterocycles. The molecule has 0 spiro atoms. The van der Waals surface area contributed by atoms with Crippen LogP contribution >= 0.6 is 0 Å². The van der Waals surface area contributed by atoms with Crippen molar-refractivity contribution in [2.24, 2.45) is 11.8 Å². The molecular weight excluding hydrogens is 426 g/mol. The molecule has 0 aromatic heterocycles. The Balaban J connectivity index is 1.47. The highest BCUT2D eigenvalue weighted by atomic mass is 16.6. The summed E-state index contributed by atoms with van der Waals surface area (Å²) in [7, 11) is 0. The van der Waals surface area contributed by atoms with E-state index in [2.05, 4.69) is 10.6 Å². The Kier molecular flexibility index (Phi) is 5.99. The van der Waals surface area contributed by atoms with E-state index in [4.69, 9.17) is 4.74 Å². The van der Waals surface area contributed by atoms with Crippen LogP contribution in [0.5, 0.6) is 0 Å². The number of fused-ring (bicyclic) bond motifs is 1. The van der Waals surface area contributed by atoms with Gasteiger partial charge in [-0.15, -0.1) is 0 Å². The van der Waals surface area contributed by atoms with Gasteiger partial charge < -0.3 is 15.0 Å². The van der Waals surface area contributed by atoms with E-state index in [-0.39, 0.29) is 36.4 Å². The highest BCUT2D eigenvalue weighted by Crippen LogP contribution is 2.40. The zero-order chi connectivity index (χ0) is 23.9. The van der Waals surface area contributed by atoms with Gasteiger partial charge in [-0.3, -0.25) is 24.5 Å². The molecule has 0 bridgehead atoms. The molecule has 1 aromatic carbocycles. The lowest BCUT2D eigenvalue weighted by molar-refractivity contribution is -0.137. The molecule has 4 rings (SSSR count). The second kappa shape index (κ2) is 8.61. The Morgan fingerprint density at radius 2 is 1.76 bits per heavy atom. The van der Waals surface area contributed by atoms with Crippen LogP contribution in [0.25, 0.3) is 0 Å². The van der Waals surface area contributed by atoms with E-state index in [0.717, 1.165) is 0 Å². The number of piperidine rings is 2. The summed E-state index contributed by atoms with van der Waals surface area (Å²) in [6.45, 7) is 6.63. The molecule has 0 saturated carbocycles. The molecule has 2 N–H and O–H groups in total. The average molecular weight is 456 g/mol. The number of imide groups is 1. The van der Waals surface area contributed by atoms with Gasteiger partial charge in [0.25, 0.3) is 0 Å². The molecule has 3 amide bonds. The lowest BCUT2D eigenvalue weighted by Gasteiger charge is -2.35. The van der Waals surface area contributed by atoms with Gasteiger partial charge in [0.1, 0.15) is 5.60 Å². The minimum absolute atomic E-state index is 0.0404. The number of Topliss-reactive ketones (excluding diaryl/α,β-unsaturated/α-hetero) is 2. The van der Waals surface area contributed by atoms with Crippen molar-refractivity contribution in [1.29, 1.82) is 0 Å². The molecule has 33 heavy (non-hydrogen) atoms. The predicted octanol–water partition coefficient (Wildman–Crippen LogP) is 2.23. The number of anilines is 1. The number of carbonyl (C=O) groups is 5. The highest BCUT2D eigenvalue weighted by Gasteiger charge is 2.48. The maximum atomic E-state index is 13.4. The molecule has 2 atom stereocenters. The van der Waals surface area contributed by atoms with Gasteiger partial charge >= 0.3 is 6.09 Å². The fraction of sp³-hybridized carbons (Fsp3) is 0.542. The first kappa shape index (κ1) is 22.9. The van der Waals surface area contributed by atoms with Gasteiger partial charge in [-0.25, -0.2) is 4.79 Å². The fourth-order valence-electron chi connectivity index (χ4n) is 4.84. The quantitative estimate of drug-likeness (QED) is 0.529. The number of nitrogens with one attached hydrogen (secondary N) is 2. The summed E-state index contributed by atoms with van der Waals surface area (Å²) in [6.07, 6.45) is 1.20. The molecule has 1 aliphatic carbocycles. The minimum Gasteiger partial charge on any atom is -0.444 e. The third kappa shape index (κ3) is 4.62. The number of hydrogen-bond acceptors (Lipinski definition) is 7. The molecular formula is C24H29N3O6. The van der Waals surface area contributed by atoms with Crippen LogP contribution in [-0.2, 0) is 14.3 Å². The maximum absolute atomic E-state index is 13.4. The summed E-state index contributed by atoms with van der Waals surface area (Å²) >= 11 is 0. The van der Waals surface area contributed by atoms with Crippen molar-refractivity contribution in [1.82, 2.24) is 10.6 Å². The van der Waals surface area contributed by atoms with Crippen molar-refractivity contribution in [3.05, 3.63) is 29.3 Å². The van der Waals surface area contributed by atoms with E-state index in [1.165, 1.54) is 0 Å². The zero-order valence-corrected chi connectivity index (χ0v) is 19.1. The standard InChI is InChI=1S/C24H29N3O6/c1-24(2,3)33-23(32)25-13-9-11-27(12-10-13)16-6-4-5-14-18(16)21(30)19(20(14)29)15-7-8-17(28)26-22(15)31/h4-6,13,15,19H,7-12H2,1-3H3,(H,25,32)(H,26,28,31). The molecule has 2 saturated heterocycles. The van der Waals surface area contributed by atoms with E-state index in [0.29, 0.717) is 42.7 Å². The van der Waals surface area contributed by atoms with Crippen molar-refractivity contribution < 1.29 is 28.7 Å². The smallest absolute Gasteiger partial charge is 0.407 e. The molecule has 1 aromatic rings. The third-order valence-corrected chi connectivity index (χ3v) is 6.36. The van der Waals surface area contributed by atoms with Crippen LogP contribution in [0.1, 0.15) is 67.2 Å². The molecule has 2 unspecified atom stereocenters. The topological polar surface area (TPSA) is 122 Å². The first-order valence-corrected chi connectivity index (χ1v) is 11.3. The van der Waals surface area contributed by atoms with Crippen molar-refractivity contribution in [3.8, 4) is 0 Å². The van der Waals surface area contributed by atoms with E-state index < -0.39 is 29.4 Å². The number of alkyl carbamates (subject to hydrolysis) is 1. The Morgan fingerprint density at radius 3 is 2.39 bits per heavy atom. The number of amides is 3. The third-order valence-electron chi connectivity index (χ3n) is 6.36. The number of ether oxygens (including phenoxy) is 1. The molecule has 2 fully saturated rings. The van der Waals surface area contributed by atoms with Crippen LogP contribution in [0, 0.1) is 11.8 Å². The molecule has 2 heterocycles. The van der Waals surface area contributed by atoms with Gasteiger partial charge in [-0.1, -0.05) is 12.1 Å². The number of ketones is 2. The Hall–Kier alpha value is -3.23. The number of nitrogens with zero attached hydrogens (tertiary/aromatic N) is 1. The Morgan fingerprint density at radius 1 is 1.06 bits per heavy atom. The summed E-state index contributed by atoms with van der Waals surface area (Å²) in [5, 5.41) is 5.14. The largest absolute Gasteiger partial charge is 0.444 e. The van der Waals surface area contributed by atoms with Gasteiger partial charge in [0, 0.05) is 36.8 Å². The maximum Gasteiger partial charge on any atom is 0.407 e. The monoisotopic (exact) mass is 455 g/mol. The summed E-state index contributed by atoms with van der Waals surface area (Å²) in [6, 6.07) is 5.15. The lowest BCUT2D eigenvalue weighted by atomic mass is 9.82. The van der Waals surface area contributed by atoms with Crippen LogP contribution in [0.3, 0.4) is 0 Å². The van der Waals surface area contributed by atoms with Crippen LogP contribution in [0.2, 0.25) is 0 Å². The highest BCUT2D eigenvalue weighted by molar-refractivity contribution is 6.30. The summed E-state index contributed by atoms with van der Waals surface area (Å²) in [5.41, 5.74) is 0.801. The minimum atomic E-state index is -1.08. The predicted molar refractivity (Wildman–Crippen MR) is 119 cm³/mol. The lowest BCUT2D eigenvalue weighted by Crippen LogP contribution is -2.46. The second-order valence-corrected chi connectivity index (χ2v) is 9.87. The van der Waals surface area contributed by atoms with Crippen molar-refractivity contribution in [2.75, 3.05) is 18.0 Å². The van der Waals surface area contributed by atoms with Crippen LogP contribution in [0.4, 0.5) is 10.5 Å². The van der Waals surface area contributed by atoms with Gasteiger partial charge in [0.15, 0.2) is 11.6 Å². The number of benzene rings is 1. The van der Waals surface area contributed by atoms with E-state index in [1.807, 2.05) is 31.7 Å². The number of rotatable bonds is 3. The SMILES string of the molecule is CC(C)(C)OC(=O)NC1CCN(c2cccc3c2C(=O)C(C2CCC(=O)NC2=O)C3=O)CC1. The summed E-state index contributed by atoms with van der Waals surface area (Å²) in [4.78, 5) is 64.4. The molecule has 0 radical (unpaired) electrons. The van der Waals surface area contributed by atoms with Crippen LogP contribution < -0.4 is 15.5 Å². The van der Waals surface area contributed by atoms with Gasteiger partial charge in [-0.2, -0.15) is 0 Å².